The minimum Gasteiger partial charge on any atom is -0.378 e. The van der Waals surface area contributed by atoms with Gasteiger partial charge in [-0.1, -0.05) is 11.6 Å². The predicted molar refractivity (Wildman–Crippen MR) is 58.0 cm³/mol. The van der Waals surface area contributed by atoms with Crippen LogP contribution in [0.5, 0.6) is 0 Å². The van der Waals surface area contributed by atoms with Crippen LogP contribution < -0.4 is 5.32 Å². The monoisotopic (exact) mass is 265 g/mol. The van der Waals surface area contributed by atoms with Gasteiger partial charge in [0.05, 0.1) is 24.8 Å². The first kappa shape index (κ1) is 12.7. The van der Waals surface area contributed by atoms with Gasteiger partial charge in [0.1, 0.15) is 0 Å². The molecule has 1 heterocycles. The van der Waals surface area contributed by atoms with Crippen molar-refractivity contribution in [3.63, 3.8) is 0 Å². The molecule has 1 aromatic rings. The molecule has 0 aliphatic carbocycles. The van der Waals surface area contributed by atoms with E-state index < -0.39 is 11.7 Å². The van der Waals surface area contributed by atoms with E-state index in [-0.39, 0.29) is 6.04 Å². The minimum atomic E-state index is -4.35. The summed E-state index contributed by atoms with van der Waals surface area (Å²) in [6.45, 7) is 1.51. The predicted octanol–water partition coefficient (Wildman–Crippen LogP) is 3.02. The van der Waals surface area contributed by atoms with Crippen LogP contribution in [-0.4, -0.2) is 19.8 Å². The highest BCUT2D eigenvalue weighted by Crippen LogP contribution is 2.34. The van der Waals surface area contributed by atoms with Crippen molar-refractivity contribution in [3.05, 3.63) is 34.3 Å². The average molecular weight is 266 g/mol. The van der Waals surface area contributed by atoms with Crippen LogP contribution >= 0.6 is 11.6 Å². The van der Waals surface area contributed by atoms with Crippen molar-refractivity contribution in [1.29, 1.82) is 0 Å². The molecule has 0 aromatic heterocycles. The third-order valence-electron chi connectivity index (χ3n) is 2.62. The summed E-state index contributed by atoms with van der Waals surface area (Å²) in [5.41, 5.74) is -0.259. The molecular weight excluding hydrogens is 255 g/mol. The fourth-order valence-electron chi connectivity index (χ4n) is 1.75. The molecule has 1 saturated heterocycles. The molecule has 17 heavy (non-hydrogen) atoms. The SMILES string of the molecule is FC(F)(F)c1ccc(Cl)c([C@@H]2COCCN2)c1. The summed E-state index contributed by atoms with van der Waals surface area (Å²) in [6.07, 6.45) is -4.35. The van der Waals surface area contributed by atoms with E-state index in [1.807, 2.05) is 0 Å². The zero-order chi connectivity index (χ0) is 12.5. The van der Waals surface area contributed by atoms with Gasteiger partial charge >= 0.3 is 6.18 Å². The van der Waals surface area contributed by atoms with Crippen molar-refractivity contribution < 1.29 is 17.9 Å². The van der Waals surface area contributed by atoms with E-state index in [9.17, 15) is 13.2 Å². The first-order chi connectivity index (χ1) is 7.98. The van der Waals surface area contributed by atoms with E-state index in [0.717, 1.165) is 12.1 Å². The molecule has 1 atom stereocenters. The number of hydrogen-bond acceptors (Lipinski definition) is 2. The van der Waals surface area contributed by atoms with Crippen LogP contribution in [0.15, 0.2) is 18.2 Å². The third kappa shape index (κ3) is 2.91. The Bertz CT molecular complexity index is 402. The number of morpholine rings is 1. The molecule has 1 fully saturated rings. The van der Waals surface area contributed by atoms with Crippen LogP contribution in [-0.2, 0) is 10.9 Å². The summed E-state index contributed by atoms with van der Waals surface area (Å²) in [6, 6.07) is 3.05. The lowest BCUT2D eigenvalue weighted by atomic mass is 10.0. The van der Waals surface area contributed by atoms with Gasteiger partial charge in [-0.3, -0.25) is 0 Å². The number of ether oxygens (including phenoxy) is 1. The van der Waals surface area contributed by atoms with E-state index in [4.69, 9.17) is 16.3 Å². The van der Waals surface area contributed by atoms with Gasteiger partial charge in [0.15, 0.2) is 0 Å². The van der Waals surface area contributed by atoms with Gasteiger partial charge in [0.2, 0.25) is 0 Å². The fraction of sp³-hybridized carbons (Fsp3) is 0.455. The maximum atomic E-state index is 12.6. The first-order valence-electron chi connectivity index (χ1n) is 5.16. The Balaban J connectivity index is 2.31. The molecule has 0 spiro atoms. The second-order valence-electron chi connectivity index (χ2n) is 3.82. The second-order valence-corrected chi connectivity index (χ2v) is 4.22. The highest BCUT2D eigenvalue weighted by molar-refractivity contribution is 6.31. The molecule has 0 radical (unpaired) electrons. The highest BCUT2D eigenvalue weighted by atomic mass is 35.5. The minimum absolute atomic E-state index is 0.279. The van der Waals surface area contributed by atoms with Gasteiger partial charge in [-0.25, -0.2) is 0 Å². The summed E-state index contributed by atoms with van der Waals surface area (Å²) in [5.74, 6) is 0. The number of alkyl halides is 3. The lowest BCUT2D eigenvalue weighted by Gasteiger charge is -2.25. The Hall–Kier alpha value is -0.780. The molecule has 1 aromatic carbocycles. The normalized spacial score (nSPS) is 21.5. The molecule has 2 rings (SSSR count). The van der Waals surface area contributed by atoms with Crippen molar-refractivity contribution in [2.75, 3.05) is 19.8 Å². The summed E-state index contributed by atoms with van der Waals surface area (Å²) in [7, 11) is 0. The average Bonchev–Trinajstić information content (AvgIpc) is 2.29. The second kappa shape index (κ2) is 4.84. The van der Waals surface area contributed by atoms with Crippen LogP contribution in [0.3, 0.4) is 0 Å². The van der Waals surface area contributed by atoms with E-state index in [2.05, 4.69) is 5.32 Å². The summed E-state index contributed by atoms with van der Waals surface area (Å²) >= 11 is 5.92. The molecule has 0 saturated carbocycles. The number of nitrogens with one attached hydrogen (secondary N) is 1. The van der Waals surface area contributed by atoms with Gasteiger partial charge < -0.3 is 10.1 Å². The Labute approximate surface area is 102 Å². The van der Waals surface area contributed by atoms with Gasteiger partial charge in [0, 0.05) is 11.6 Å². The maximum absolute atomic E-state index is 12.6. The van der Waals surface area contributed by atoms with E-state index >= 15 is 0 Å². The van der Waals surface area contributed by atoms with Crippen LogP contribution in [0.4, 0.5) is 13.2 Å². The first-order valence-corrected chi connectivity index (χ1v) is 5.54. The van der Waals surface area contributed by atoms with Gasteiger partial charge in [-0.2, -0.15) is 13.2 Å². The standard InChI is InChI=1S/C11H11ClF3NO/c12-9-2-1-7(11(13,14)15)5-8(9)10-6-17-4-3-16-10/h1-2,5,10,16H,3-4,6H2/t10-/m0/s1. The zero-order valence-corrected chi connectivity index (χ0v) is 9.61. The van der Waals surface area contributed by atoms with Crippen molar-refractivity contribution in [2.24, 2.45) is 0 Å². The van der Waals surface area contributed by atoms with Gasteiger partial charge in [-0.05, 0) is 23.8 Å². The fourth-order valence-corrected chi connectivity index (χ4v) is 2.00. The van der Waals surface area contributed by atoms with Crippen molar-refractivity contribution in [1.82, 2.24) is 5.32 Å². The summed E-state index contributed by atoms with van der Waals surface area (Å²) in [4.78, 5) is 0. The lowest BCUT2D eigenvalue weighted by Crippen LogP contribution is -2.34. The van der Waals surface area contributed by atoms with E-state index in [1.54, 1.807) is 0 Å². The van der Waals surface area contributed by atoms with Crippen molar-refractivity contribution in [3.8, 4) is 0 Å². The van der Waals surface area contributed by atoms with E-state index in [1.165, 1.54) is 6.07 Å². The molecule has 1 aliphatic heterocycles. The number of halogens is 4. The Kier molecular flexibility index (Phi) is 3.61. The Morgan fingerprint density at radius 2 is 2.12 bits per heavy atom. The smallest absolute Gasteiger partial charge is 0.378 e. The molecule has 94 valence electrons. The molecule has 2 nitrogen and oxygen atoms in total. The molecular formula is C11H11ClF3NO. The summed E-state index contributed by atoms with van der Waals surface area (Å²) < 4.78 is 42.9. The number of rotatable bonds is 1. The van der Waals surface area contributed by atoms with Gasteiger partial charge in [-0.15, -0.1) is 0 Å². The molecule has 1 aliphatic rings. The van der Waals surface area contributed by atoms with Gasteiger partial charge in [0.25, 0.3) is 0 Å². The largest absolute Gasteiger partial charge is 0.416 e. The molecule has 1 N–H and O–H groups in total. The number of benzene rings is 1. The molecule has 0 amide bonds. The Morgan fingerprint density at radius 1 is 1.35 bits per heavy atom. The van der Waals surface area contributed by atoms with Crippen LogP contribution in [0.1, 0.15) is 17.2 Å². The Morgan fingerprint density at radius 3 is 2.71 bits per heavy atom. The zero-order valence-electron chi connectivity index (χ0n) is 8.85. The molecule has 0 unspecified atom stereocenters. The van der Waals surface area contributed by atoms with Crippen LogP contribution in [0.25, 0.3) is 0 Å². The van der Waals surface area contributed by atoms with E-state index in [0.29, 0.717) is 30.3 Å². The number of hydrogen-bond donors (Lipinski definition) is 1. The third-order valence-corrected chi connectivity index (χ3v) is 2.96. The van der Waals surface area contributed by atoms with Crippen molar-refractivity contribution in [2.45, 2.75) is 12.2 Å². The molecule has 0 bridgehead atoms. The van der Waals surface area contributed by atoms with Crippen LogP contribution in [0, 0.1) is 0 Å². The summed E-state index contributed by atoms with van der Waals surface area (Å²) in [5, 5.41) is 3.40. The lowest BCUT2D eigenvalue weighted by molar-refractivity contribution is -0.137. The maximum Gasteiger partial charge on any atom is 0.416 e. The quantitative estimate of drug-likeness (QED) is 0.843. The van der Waals surface area contributed by atoms with Crippen LogP contribution in [0.2, 0.25) is 5.02 Å². The highest BCUT2D eigenvalue weighted by Gasteiger charge is 2.32. The van der Waals surface area contributed by atoms with Crippen molar-refractivity contribution >= 4 is 11.6 Å². The molecule has 6 heteroatoms. The topological polar surface area (TPSA) is 21.3 Å².